The number of rotatable bonds is 5. The lowest BCUT2D eigenvalue weighted by Gasteiger charge is -2.10. The molecule has 0 aliphatic carbocycles. The van der Waals surface area contributed by atoms with Crippen molar-refractivity contribution in [3.8, 4) is 44.8 Å². The van der Waals surface area contributed by atoms with E-state index in [-0.39, 0.29) is 0 Å². The van der Waals surface area contributed by atoms with Crippen LogP contribution in [-0.4, -0.2) is 9.13 Å². The number of aromatic nitrogens is 2. The third-order valence-corrected chi connectivity index (χ3v) is 13.7. The van der Waals surface area contributed by atoms with Crippen molar-refractivity contribution in [1.82, 2.24) is 9.13 Å². The van der Waals surface area contributed by atoms with Crippen LogP contribution in [0, 0.1) is 0 Å². The minimum absolute atomic E-state index is 0.893. The molecule has 0 fully saturated rings. The van der Waals surface area contributed by atoms with Gasteiger partial charge in [-0.25, -0.2) is 0 Å². The summed E-state index contributed by atoms with van der Waals surface area (Å²) in [6.07, 6.45) is 0. The molecular weight excluding hydrogens is 789 g/mol. The molecule has 0 aliphatic heterocycles. The van der Waals surface area contributed by atoms with Crippen molar-refractivity contribution in [2.75, 3.05) is 0 Å². The standard InChI is InChI=1S/C62H38N2O/c1-2-16-45(17-3-1)63-57-29-24-41(34-52(57)54-36-43(26-31-58(54)63)49-21-10-14-39-12-4-6-18-47(39)49)42-25-30-59-53(35-42)55-37-44(50-22-11-15-40-13-5-7-19-48(40)50)27-32-60(55)64(59)46-28-33-62-56(38-46)51-20-8-9-23-61(51)65-62/h1-38H. The number of hydrogen-bond acceptors (Lipinski definition) is 1. The molecule has 0 aliphatic rings. The lowest BCUT2D eigenvalue weighted by molar-refractivity contribution is 0.669. The SMILES string of the molecule is c1ccc(-n2c3ccc(-c4ccc5c(c4)c4cc(-c6cccc7ccccc67)ccc4n5-c4ccc5oc6ccccc6c5c4)cc3c3cc(-c4cccc5ccccc45)ccc32)cc1. The Morgan fingerprint density at radius 1 is 0.246 bits per heavy atom. The van der Waals surface area contributed by atoms with Crippen LogP contribution in [0.3, 0.4) is 0 Å². The summed E-state index contributed by atoms with van der Waals surface area (Å²) in [6.45, 7) is 0. The topological polar surface area (TPSA) is 23.0 Å². The highest BCUT2D eigenvalue weighted by Crippen LogP contribution is 2.42. The molecule has 14 aromatic rings. The van der Waals surface area contributed by atoms with Gasteiger partial charge < -0.3 is 13.6 Å². The van der Waals surface area contributed by atoms with E-state index in [0.717, 1.165) is 44.3 Å². The zero-order chi connectivity index (χ0) is 42.6. The van der Waals surface area contributed by atoms with Gasteiger partial charge in [0.25, 0.3) is 0 Å². The van der Waals surface area contributed by atoms with Gasteiger partial charge in [0, 0.05) is 43.7 Å². The highest BCUT2D eigenvalue weighted by Gasteiger charge is 2.19. The molecule has 0 atom stereocenters. The van der Waals surface area contributed by atoms with Gasteiger partial charge in [-0.2, -0.15) is 0 Å². The van der Waals surface area contributed by atoms with Gasteiger partial charge in [-0.15, -0.1) is 0 Å². The van der Waals surface area contributed by atoms with E-state index in [4.69, 9.17) is 4.42 Å². The Balaban J connectivity index is 0.998. The summed E-state index contributed by atoms with van der Waals surface area (Å²) in [4.78, 5) is 0. The molecule has 3 nitrogen and oxygen atoms in total. The first-order valence-corrected chi connectivity index (χ1v) is 22.3. The third-order valence-electron chi connectivity index (χ3n) is 13.7. The summed E-state index contributed by atoms with van der Waals surface area (Å²) in [5.41, 5.74) is 16.0. The van der Waals surface area contributed by atoms with Gasteiger partial charge >= 0.3 is 0 Å². The van der Waals surface area contributed by atoms with Crippen molar-refractivity contribution >= 4 is 87.1 Å². The molecule has 11 aromatic carbocycles. The summed E-state index contributed by atoms with van der Waals surface area (Å²) in [6, 6.07) is 84.3. The van der Waals surface area contributed by atoms with Crippen molar-refractivity contribution in [2.24, 2.45) is 0 Å². The van der Waals surface area contributed by atoms with Gasteiger partial charge in [0.15, 0.2) is 0 Å². The van der Waals surface area contributed by atoms with Crippen molar-refractivity contribution in [1.29, 1.82) is 0 Å². The first kappa shape index (κ1) is 35.9. The zero-order valence-electron chi connectivity index (χ0n) is 35.2. The number of nitrogens with zero attached hydrogens (tertiary/aromatic N) is 2. The molecule has 0 saturated carbocycles. The molecule has 3 heterocycles. The smallest absolute Gasteiger partial charge is 0.135 e. The lowest BCUT2D eigenvalue weighted by Crippen LogP contribution is -1.94. The van der Waals surface area contributed by atoms with Gasteiger partial charge in [-0.1, -0.05) is 146 Å². The summed E-state index contributed by atoms with van der Waals surface area (Å²) in [5, 5.41) is 12.1. The monoisotopic (exact) mass is 826 g/mol. The molecule has 0 radical (unpaired) electrons. The molecule has 3 heteroatoms. The maximum atomic E-state index is 6.28. The first-order valence-electron chi connectivity index (χ1n) is 22.3. The molecule has 65 heavy (non-hydrogen) atoms. The van der Waals surface area contributed by atoms with Crippen LogP contribution in [0.5, 0.6) is 0 Å². The van der Waals surface area contributed by atoms with E-state index in [1.807, 2.05) is 12.1 Å². The second-order valence-corrected chi connectivity index (χ2v) is 17.3. The Morgan fingerprint density at radius 2 is 0.677 bits per heavy atom. The average Bonchev–Trinajstić information content (AvgIpc) is 4.02. The van der Waals surface area contributed by atoms with Crippen molar-refractivity contribution in [2.45, 2.75) is 0 Å². The van der Waals surface area contributed by atoms with E-state index < -0.39 is 0 Å². The van der Waals surface area contributed by atoms with Gasteiger partial charge in [0.05, 0.1) is 22.1 Å². The summed E-state index contributed by atoms with van der Waals surface area (Å²) >= 11 is 0. The highest BCUT2D eigenvalue weighted by atomic mass is 16.3. The van der Waals surface area contributed by atoms with Crippen LogP contribution < -0.4 is 0 Å². The summed E-state index contributed by atoms with van der Waals surface area (Å²) in [5.74, 6) is 0. The second kappa shape index (κ2) is 13.9. The molecule has 302 valence electrons. The predicted molar refractivity (Wildman–Crippen MR) is 274 cm³/mol. The average molecular weight is 827 g/mol. The highest BCUT2D eigenvalue weighted by molar-refractivity contribution is 6.15. The quantitative estimate of drug-likeness (QED) is 0.169. The molecule has 0 unspecified atom stereocenters. The van der Waals surface area contributed by atoms with E-state index >= 15 is 0 Å². The predicted octanol–water partition coefficient (Wildman–Crippen LogP) is 17.1. The van der Waals surface area contributed by atoms with Gasteiger partial charge in [-0.05, 0) is 140 Å². The summed E-state index contributed by atoms with van der Waals surface area (Å²) in [7, 11) is 0. The van der Waals surface area contributed by atoms with Crippen molar-refractivity contribution in [3.05, 3.63) is 231 Å². The van der Waals surface area contributed by atoms with Crippen LogP contribution in [0.1, 0.15) is 0 Å². The van der Waals surface area contributed by atoms with E-state index in [9.17, 15) is 0 Å². The Hall–Kier alpha value is -8.66. The Kier molecular flexibility index (Phi) is 7.69. The number of fused-ring (bicyclic) bond motifs is 11. The fraction of sp³-hybridized carbons (Fsp3) is 0. The van der Waals surface area contributed by atoms with Crippen LogP contribution >= 0.6 is 0 Å². The fourth-order valence-electron chi connectivity index (χ4n) is 10.7. The number of hydrogen-bond donors (Lipinski definition) is 0. The number of benzene rings is 11. The first-order chi connectivity index (χ1) is 32.2. The molecule has 14 rings (SSSR count). The Bertz CT molecular complexity index is 4230. The molecule has 3 aromatic heterocycles. The molecule has 0 amide bonds. The van der Waals surface area contributed by atoms with Crippen LogP contribution in [-0.2, 0) is 0 Å². The van der Waals surface area contributed by atoms with E-state index in [0.29, 0.717) is 0 Å². The van der Waals surface area contributed by atoms with Crippen LogP contribution in [0.4, 0.5) is 0 Å². The van der Waals surface area contributed by atoms with E-state index in [1.165, 1.54) is 87.5 Å². The maximum Gasteiger partial charge on any atom is 0.135 e. The Labute approximate surface area is 374 Å². The number of para-hydroxylation sites is 2. The Morgan fingerprint density at radius 3 is 1.25 bits per heavy atom. The van der Waals surface area contributed by atoms with Crippen molar-refractivity contribution in [3.63, 3.8) is 0 Å². The van der Waals surface area contributed by atoms with Gasteiger partial charge in [0.1, 0.15) is 11.2 Å². The zero-order valence-corrected chi connectivity index (χ0v) is 35.2. The molecular formula is C62H38N2O. The summed E-state index contributed by atoms with van der Waals surface area (Å²) < 4.78 is 11.1. The minimum atomic E-state index is 0.893. The third kappa shape index (κ3) is 5.49. The maximum absolute atomic E-state index is 6.28. The van der Waals surface area contributed by atoms with Gasteiger partial charge in [0.2, 0.25) is 0 Å². The van der Waals surface area contributed by atoms with E-state index in [2.05, 4.69) is 228 Å². The molecule has 0 saturated heterocycles. The van der Waals surface area contributed by atoms with Crippen LogP contribution in [0.25, 0.3) is 132 Å². The fourth-order valence-corrected chi connectivity index (χ4v) is 10.7. The second-order valence-electron chi connectivity index (χ2n) is 17.3. The van der Waals surface area contributed by atoms with Crippen molar-refractivity contribution < 1.29 is 4.42 Å². The lowest BCUT2D eigenvalue weighted by atomic mass is 9.96. The van der Waals surface area contributed by atoms with Crippen LogP contribution in [0.2, 0.25) is 0 Å². The number of furan rings is 1. The largest absolute Gasteiger partial charge is 0.456 e. The molecule has 0 bridgehead atoms. The van der Waals surface area contributed by atoms with E-state index in [1.54, 1.807) is 0 Å². The molecule has 0 spiro atoms. The van der Waals surface area contributed by atoms with Crippen LogP contribution in [0.15, 0.2) is 235 Å². The van der Waals surface area contributed by atoms with Gasteiger partial charge in [-0.3, -0.25) is 0 Å². The molecule has 0 N–H and O–H groups in total. The minimum Gasteiger partial charge on any atom is -0.456 e. The normalized spacial score (nSPS) is 12.0.